The molecule has 0 saturated heterocycles. The van der Waals surface area contributed by atoms with Crippen LogP contribution in [-0.4, -0.2) is 32.8 Å². The summed E-state index contributed by atoms with van der Waals surface area (Å²) in [5.74, 6) is -1.80. The lowest BCUT2D eigenvalue weighted by molar-refractivity contribution is -0.141. The van der Waals surface area contributed by atoms with Gasteiger partial charge in [-0.25, -0.2) is 13.9 Å². The molecule has 1 aromatic carbocycles. The zero-order valence-corrected chi connectivity index (χ0v) is 14.8. The van der Waals surface area contributed by atoms with Crippen LogP contribution in [0.4, 0.5) is 4.39 Å². The Morgan fingerprint density at radius 2 is 2.00 bits per heavy atom. The van der Waals surface area contributed by atoms with Gasteiger partial charge in [0.25, 0.3) is 0 Å². The second-order valence-electron chi connectivity index (χ2n) is 6.04. The zero-order valence-electron chi connectivity index (χ0n) is 14.8. The number of halogens is 1. The van der Waals surface area contributed by atoms with Gasteiger partial charge in [0.1, 0.15) is 11.9 Å². The number of carboxylic acids is 1. The zero-order chi connectivity index (χ0) is 19.3. The first-order valence-corrected chi connectivity index (χ1v) is 8.27. The van der Waals surface area contributed by atoms with Crippen LogP contribution in [0.25, 0.3) is 5.69 Å². The van der Waals surface area contributed by atoms with E-state index in [2.05, 4.69) is 17.0 Å². The molecule has 6 nitrogen and oxygen atoms in total. The Hall–Kier alpha value is -2.96. The summed E-state index contributed by atoms with van der Waals surface area (Å²) in [5, 5.41) is 16.2. The van der Waals surface area contributed by atoms with Crippen LogP contribution < -0.4 is 5.32 Å². The van der Waals surface area contributed by atoms with Crippen LogP contribution in [0.1, 0.15) is 29.8 Å². The number of benzene rings is 1. The number of aliphatic carboxylic acids is 1. The maximum atomic E-state index is 13.1. The highest BCUT2D eigenvalue weighted by Crippen LogP contribution is 2.19. The number of aromatic nitrogens is 2. The van der Waals surface area contributed by atoms with Gasteiger partial charge in [-0.15, -0.1) is 6.58 Å². The fourth-order valence-corrected chi connectivity index (χ4v) is 2.71. The first-order valence-electron chi connectivity index (χ1n) is 8.27. The molecule has 26 heavy (non-hydrogen) atoms. The number of hydrogen-bond donors (Lipinski definition) is 2. The first kappa shape index (κ1) is 19.4. The molecule has 1 amide bonds. The van der Waals surface area contributed by atoms with Crippen molar-refractivity contribution in [3.05, 3.63) is 59.7 Å². The van der Waals surface area contributed by atoms with Crippen molar-refractivity contribution in [1.29, 1.82) is 0 Å². The van der Waals surface area contributed by atoms with Gasteiger partial charge < -0.3 is 10.4 Å². The summed E-state index contributed by atoms with van der Waals surface area (Å²) in [6.07, 6.45) is 2.43. The van der Waals surface area contributed by atoms with Gasteiger partial charge in [-0.1, -0.05) is 6.08 Å². The van der Waals surface area contributed by atoms with E-state index in [1.807, 2.05) is 6.92 Å². The number of carbonyl (C=O) groups excluding carboxylic acids is 1. The van der Waals surface area contributed by atoms with Gasteiger partial charge in [0.15, 0.2) is 0 Å². The normalized spacial score (nSPS) is 11.8. The molecule has 7 heteroatoms. The lowest BCUT2D eigenvalue weighted by atomic mass is 10.1. The van der Waals surface area contributed by atoms with E-state index in [9.17, 15) is 19.1 Å². The van der Waals surface area contributed by atoms with Crippen molar-refractivity contribution in [3.63, 3.8) is 0 Å². The smallest absolute Gasteiger partial charge is 0.326 e. The summed E-state index contributed by atoms with van der Waals surface area (Å²) < 4.78 is 14.7. The number of allylic oxidation sites excluding steroid dienone is 1. The highest BCUT2D eigenvalue weighted by Gasteiger charge is 2.21. The minimum absolute atomic E-state index is 0.0245. The molecular weight excluding hydrogens is 337 g/mol. The third-order valence-electron chi connectivity index (χ3n) is 4.14. The maximum Gasteiger partial charge on any atom is 0.326 e. The van der Waals surface area contributed by atoms with Crippen molar-refractivity contribution < 1.29 is 19.1 Å². The summed E-state index contributed by atoms with van der Waals surface area (Å²) in [4.78, 5) is 23.5. The van der Waals surface area contributed by atoms with Gasteiger partial charge in [-0.2, -0.15) is 5.10 Å². The molecular formula is C19H22FN3O3. The Morgan fingerprint density at radius 3 is 2.58 bits per heavy atom. The monoisotopic (exact) mass is 359 g/mol. The van der Waals surface area contributed by atoms with Gasteiger partial charge in [0.2, 0.25) is 5.91 Å². The number of aryl methyl sites for hydroxylation is 1. The van der Waals surface area contributed by atoms with Crippen molar-refractivity contribution in [2.24, 2.45) is 0 Å². The summed E-state index contributed by atoms with van der Waals surface area (Å²) in [5.41, 5.74) is 2.83. The van der Waals surface area contributed by atoms with Crippen molar-refractivity contribution >= 4 is 11.9 Å². The van der Waals surface area contributed by atoms with E-state index in [4.69, 9.17) is 0 Å². The number of nitrogens with zero attached hydrogens (tertiary/aromatic N) is 2. The van der Waals surface area contributed by atoms with E-state index >= 15 is 0 Å². The van der Waals surface area contributed by atoms with E-state index < -0.39 is 12.0 Å². The van der Waals surface area contributed by atoms with Crippen LogP contribution in [0, 0.1) is 19.7 Å². The number of nitrogens with one attached hydrogen (secondary N) is 1. The highest BCUT2D eigenvalue weighted by atomic mass is 19.1. The molecule has 2 N–H and O–H groups in total. The van der Waals surface area contributed by atoms with Crippen LogP contribution in [-0.2, 0) is 16.0 Å². The van der Waals surface area contributed by atoms with Crippen LogP contribution >= 0.6 is 0 Å². The van der Waals surface area contributed by atoms with Gasteiger partial charge in [-0.3, -0.25) is 4.79 Å². The van der Waals surface area contributed by atoms with Crippen LogP contribution in [0.5, 0.6) is 0 Å². The van der Waals surface area contributed by atoms with Gasteiger partial charge in [-0.05, 0) is 51.0 Å². The van der Waals surface area contributed by atoms with E-state index in [-0.39, 0.29) is 24.6 Å². The number of carbonyl (C=O) groups is 2. The minimum Gasteiger partial charge on any atom is -0.480 e. The topological polar surface area (TPSA) is 84.2 Å². The first-order chi connectivity index (χ1) is 12.3. The van der Waals surface area contributed by atoms with Crippen LogP contribution in [0.15, 0.2) is 36.9 Å². The summed E-state index contributed by atoms with van der Waals surface area (Å²) in [7, 11) is 0. The van der Waals surface area contributed by atoms with Crippen molar-refractivity contribution in [2.75, 3.05) is 0 Å². The summed E-state index contributed by atoms with van der Waals surface area (Å²) in [6, 6.07) is 4.95. The van der Waals surface area contributed by atoms with Crippen molar-refractivity contribution in [2.45, 2.75) is 39.2 Å². The lowest BCUT2D eigenvalue weighted by Gasteiger charge is -2.13. The molecule has 0 aliphatic carbocycles. The molecule has 1 aromatic heterocycles. The average Bonchev–Trinajstić information content (AvgIpc) is 2.87. The Balaban J connectivity index is 2.16. The molecule has 0 aliphatic rings. The Kier molecular flexibility index (Phi) is 6.27. The third-order valence-corrected chi connectivity index (χ3v) is 4.14. The molecule has 0 spiro atoms. The predicted molar refractivity (Wildman–Crippen MR) is 95.7 cm³/mol. The number of amides is 1. The SMILES string of the molecule is C=CCCC(NC(=O)Cc1c(C)nn(-c2ccc(F)cc2)c1C)C(=O)O. The fourth-order valence-electron chi connectivity index (χ4n) is 2.71. The fraction of sp³-hybridized carbons (Fsp3) is 0.316. The summed E-state index contributed by atoms with van der Waals surface area (Å²) >= 11 is 0. The van der Waals surface area contributed by atoms with E-state index in [1.54, 1.807) is 29.8 Å². The standard InChI is InChI=1S/C19H22FN3O3/c1-4-5-6-17(19(25)26)21-18(24)11-16-12(2)22-23(13(16)3)15-9-7-14(20)8-10-15/h4,7-10,17H,1,5-6,11H2,2-3H3,(H,21,24)(H,25,26). The number of hydrogen-bond acceptors (Lipinski definition) is 3. The molecule has 1 unspecified atom stereocenters. The lowest BCUT2D eigenvalue weighted by Crippen LogP contribution is -2.41. The van der Waals surface area contributed by atoms with E-state index in [0.29, 0.717) is 17.8 Å². The Labute approximate surface area is 151 Å². The number of rotatable bonds is 8. The van der Waals surface area contributed by atoms with Crippen LogP contribution in [0.3, 0.4) is 0 Å². The minimum atomic E-state index is -1.07. The third kappa shape index (κ3) is 4.56. The molecule has 0 bridgehead atoms. The average molecular weight is 359 g/mol. The van der Waals surface area contributed by atoms with Gasteiger partial charge >= 0.3 is 5.97 Å². The maximum absolute atomic E-state index is 13.1. The molecule has 1 atom stereocenters. The second-order valence-corrected chi connectivity index (χ2v) is 6.04. The molecule has 2 rings (SSSR count). The molecule has 138 valence electrons. The second kappa shape index (κ2) is 8.42. The Morgan fingerprint density at radius 1 is 1.35 bits per heavy atom. The van der Waals surface area contributed by atoms with E-state index in [0.717, 1.165) is 11.3 Å². The van der Waals surface area contributed by atoms with E-state index in [1.165, 1.54) is 12.1 Å². The molecule has 2 aromatic rings. The number of carboxylic acid groups (broad SMARTS) is 1. The molecule has 0 fully saturated rings. The molecule has 0 aliphatic heterocycles. The summed E-state index contributed by atoms with van der Waals surface area (Å²) in [6.45, 7) is 7.16. The van der Waals surface area contributed by atoms with Gasteiger partial charge in [0, 0.05) is 11.3 Å². The largest absolute Gasteiger partial charge is 0.480 e. The molecule has 0 radical (unpaired) electrons. The van der Waals surface area contributed by atoms with Crippen LogP contribution in [0.2, 0.25) is 0 Å². The Bertz CT molecular complexity index is 812. The van der Waals surface area contributed by atoms with Crippen molar-refractivity contribution in [1.82, 2.24) is 15.1 Å². The van der Waals surface area contributed by atoms with Crippen molar-refractivity contribution in [3.8, 4) is 5.69 Å². The quantitative estimate of drug-likeness (QED) is 0.710. The van der Waals surface area contributed by atoms with Gasteiger partial charge in [0.05, 0.1) is 17.8 Å². The highest BCUT2D eigenvalue weighted by molar-refractivity contribution is 5.85. The predicted octanol–water partition coefficient (Wildman–Crippen LogP) is 2.71. The molecule has 1 heterocycles. The molecule has 0 saturated carbocycles.